The molecule has 2 aliphatic heterocycles. The molecule has 4 heteroatoms. The minimum absolute atomic E-state index is 0.802. The van der Waals surface area contributed by atoms with Crippen LogP contribution >= 0.6 is 12.2 Å². The lowest BCUT2D eigenvalue weighted by Gasteiger charge is -2.18. The van der Waals surface area contributed by atoms with E-state index < -0.39 is 0 Å². The summed E-state index contributed by atoms with van der Waals surface area (Å²) in [7, 11) is 2.10. The minimum Gasteiger partial charge on any atom is -0.363 e. The van der Waals surface area contributed by atoms with Gasteiger partial charge in [-0.3, -0.25) is 0 Å². The Morgan fingerprint density at radius 3 is 2.69 bits per heavy atom. The first-order valence-electron chi connectivity index (χ1n) is 5.91. The van der Waals surface area contributed by atoms with Gasteiger partial charge in [-0.1, -0.05) is 18.8 Å². The van der Waals surface area contributed by atoms with Crippen molar-refractivity contribution in [2.75, 3.05) is 26.7 Å². The SMILES string of the molecule is C=C(CN1CCCC1=S)N=C1CCCN1C. The first-order chi connectivity index (χ1) is 7.66. The molecule has 2 rings (SSSR count). The lowest BCUT2D eigenvalue weighted by atomic mass is 10.3. The molecule has 2 heterocycles. The molecule has 0 aliphatic carbocycles. The van der Waals surface area contributed by atoms with E-state index in [0.717, 1.165) is 43.2 Å². The highest BCUT2D eigenvalue weighted by molar-refractivity contribution is 7.80. The summed E-state index contributed by atoms with van der Waals surface area (Å²) in [5.74, 6) is 1.18. The van der Waals surface area contributed by atoms with Crippen LogP contribution in [0, 0.1) is 0 Å². The Morgan fingerprint density at radius 1 is 1.38 bits per heavy atom. The molecular formula is C12H19N3S. The highest BCUT2D eigenvalue weighted by Gasteiger charge is 2.18. The van der Waals surface area contributed by atoms with Gasteiger partial charge in [0.2, 0.25) is 0 Å². The molecule has 0 atom stereocenters. The van der Waals surface area contributed by atoms with Crippen molar-refractivity contribution in [2.24, 2.45) is 4.99 Å². The highest BCUT2D eigenvalue weighted by atomic mass is 32.1. The van der Waals surface area contributed by atoms with Crippen LogP contribution in [0.5, 0.6) is 0 Å². The normalized spacial score (nSPS) is 23.6. The first-order valence-corrected chi connectivity index (χ1v) is 6.32. The molecule has 0 spiro atoms. The van der Waals surface area contributed by atoms with Gasteiger partial charge in [-0.05, 0) is 19.3 Å². The van der Waals surface area contributed by atoms with E-state index in [0.29, 0.717) is 0 Å². The third kappa shape index (κ3) is 2.61. The fraction of sp³-hybridized carbons (Fsp3) is 0.667. The van der Waals surface area contributed by atoms with Crippen molar-refractivity contribution >= 4 is 23.0 Å². The summed E-state index contributed by atoms with van der Waals surface area (Å²) in [5.41, 5.74) is 0.938. The van der Waals surface area contributed by atoms with Crippen molar-refractivity contribution in [1.29, 1.82) is 0 Å². The van der Waals surface area contributed by atoms with Crippen LogP contribution in [0.15, 0.2) is 17.3 Å². The maximum Gasteiger partial charge on any atom is 0.104 e. The van der Waals surface area contributed by atoms with E-state index in [2.05, 4.69) is 28.4 Å². The molecule has 0 aromatic carbocycles. The van der Waals surface area contributed by atoms with Crippen molar-refractivity contribution in [1.82, 2.24) is 9.80 Å². The highest BCUT2D eigenvalue weighted by Crippen LogP contribution is 2.15. The van der Waals surface area contributed by atoms with Gasteiger partial charge in [-0.25, -0.2) is 4.99 Å². The van der Waals surface area contributed by atoms with Crippen LogP contribution in [0.1, 0.15) is 25.7 Å². The van der Waals surface area contributed by atoms with Crippen molar-refractivity contribution in [3.05, 3.63) is 12.3 Å². The molecule has 2 saturated heterocycles. The van der Waals surface area contributed by atoms with E-state index in [-0.39, 0.29) is 0 Å². The number of aliphatic imine (C=N–C) groups is 1. The second-order valence-corrected chi connectivity index (χ2v) is 5.01. The number of likely N-dealkylation sites (tertiary alicyclic amines) is 2. The summed E-state index contributed by atoms with van der Waals surface area (Å²) in [4.78, 5) is 10.1. The summed E-state index contributed by atoms with van der Waals surface area (Å²) in [6.07, 6.45) is 4.53. The Bertz CT molecular complexity index is 335. The predicted molar refractivity (Wildman–Crippen MR) is 71.8 cm³/mol. The summed E-state index contributed by atoms with van der Waals surface area (Å²) >= 11 is 5.29. The summed E-state index contributed by atoms with van der Waals surface area (Å²) in [6, 6.07) is 0. The largest absolute Gasteiger partial charge is 0.363 e. The molecule has 0 bridgehead atoms. The van der Waals surface area contributed by atoms with Crippen molar-refractivity contribution in [3.8, 4) is 0 Å². The molecule has 2 fully saturated rings. The number of hydrogen-bond donors (Lipinski definition) is 0. The Balaban J connectivity index is 1.90. The van der Waals surface area contributed by atoms with Crippen LogP contribution < -0.4 is 0 Å². The van der Waals surface area contributed by atoms with Gasteiger partial charge < -0.3 is 9.80 Å². The quantitative estimate of drug-likeness (QED) is 0.700. The molecule has 0 aromatic rings. The zero-order valence-corrected chi connectivity index (χ0v) is 10.7. The lowest BCUT2D eigenvalue weighted by molar-refractivity contribution is 0.493. The molecule has 0 amide bonds. The molecule has 0 radical (unpaired) electrons. The van der Waals surface area contributed by atoms with Crippen molar-refractivity contribution < 1.29 is 0 Å². The Kier molecular flexibility index (Phi) is 3.59. The maximum atomic E-state index is 5.29. The Hall–Kier alpha value is -0.900. The van der Waals surface area contributed by atoms with Crippen LogP contribution in [0.25, 0.3) is 0 Å². The lowest BCUT2D eigenvalue weighted by Crippen LogP contribution is -2.26. The van der Waals surface area contributed by atoms with Gasteiger partial charge in [0.25, 0.3) is 0 Å². The van der Waals surface area contributed by atoms with Gasteiger partial charge in [0.15, 0.2) is 0 Å². The Labute approximate surface area is 103 Å². The number of rotatable bonds is 3. The van der Waals surface area contributed by atoms with E-state index >= 15 is 0 Å². The maximum absolute atomic E-state index is 5.29. The molecule has 0 unspecified atom stereocenters. The zero-order valence-electron chi connectivity index (χ0n) is 9.91. The summed E-state index contributed by atoms with van der Waals surface area (Å²) < 4.78 is 0. The number of thiocarbonyl (C=S) groups is 1. The molecule has 16 heavy (non-hydrogen) atoms. The van der Waals surface area contributed by atoms with E-state index in [1.807, 2.05) is 0 Å². The third-order valence-electron chi connectivity index (χ3n) is 3.17. The van der Waals surface area contributed by atoms with Crippen molar-refractivity contribution in [3.63, 3.8) is 0 Å². The summed E-state index contributed by atoms with van der Waals surface area (Å²) in [5, 5.41) is 0. The fourth-order valence-electron chi connectivity index (χ4n) is 2.24. The standard InChI is InChI=1S/C12H19N3S/c1-10(9-15-8-4-6-12(15)16)13-11-5-3-7-14(11)2/h1,3-9H2,2H3. The van der Waals surface area contributed by atoms with Gasteiger partial charge >= 0.3 is 0 Å². The van der Waals surface area contributed by atoms with Gasteiger partial charge in [-0.15, -0.1) is 0 Å². The third-order valence-corrected chi connectivity index (χ3v) is 3.63. The molecule has 0 N–H and O–H groups in total. The molecule has 88 valence electrons. The number of hydrogen-bond acceptors (Lipinski definition) is 2. The topological polar surface area (TPSA) is 18.8 Å². The average Bonchev–Trinajstić information content (AvgIpc) is 2.79. The molecular weight excluding hydrogens is 218 g/mol. The average molecular weight is 237 g/mol. The van der Waals surface area contributed by atoms with Crippen LogP contribution in [-0.2, 0) is 0 Å². The van der Waals surface area contributed by atoms with Gasteiger partial charge in [0.1, 0.15) is 5.84 Å². The first kappa shape index (κ1) is 11.6. The van der Waals surface area contributed by atoms with Crippen LogP contribution in [0.3, 0.4) is 0 Å². The number of nitrogens with zero attached hydrogens (tertiary/aromatic N) is 3. The van der Waals surface area contributed by atoms with Crippen LogP contribution in [-0.4, -0.2) is 47.3 Å². The Morgan fingerprint density at radius 2 is 2.12 bits per heavy atom. The van der Waals surface area contributed by atoms with Gasteiger partial charge in [0, 0.05) is 26.6 Å². The molecule has 0 saturated carbocycles. The monoisotopic (exact) mass is 237 g/mol. The van der Waals surface area contributed by atoms with Crippen LogP contribution in [0.4, 0.5) is 0 Å². The van der Waals surface area contributed by atoms with E-state index in [1.54, 1.807) is 0 Å². The molecule has 3 nitrogen and oxygen atoms in total. The second-order valence-electron chi connectivity index (χ2n) is 4.54. The van der Waals surface area contributed by atoms with E-state index in [4.69, 9.17) is 12.2 Å². The van der Waals surface area contributed by atoms with E-state index in [9.17, 15) is 0 Å². The smallest absolute Gasteiger partial charge is 0.104 e. The number of amidine groups is 1. The van der Waals surface area contributed by atoms with Gasteiger partial charge in [-0.2, -0.15) is 0 Å². The second kappa shape index (κ2) is 4.95. The minimum atomic E-state index is 0.802. The molecule has 2 aliphatic rings. The predicted octanol–water partition coefficient (Wildman–Crippen LogP) is 2.05. The zero-order chi connectivity index (χ0) is 11.5. The van der Waals surface area contributed by atoms with E-state index in [1.165, 1.54) is 18.7 Å². The fourth-order valence-corrected chi connectivity index (χ4v) is 2.55. The summed E-state index contributed by atoms with van der Waals surface area (Å²) in [6.45, 7) is 7.02. The van der Waals surface area contributed by atoms with Gasteiger partial charge in [0.05, 0.1) is 17.2 Å². The van der Waals surface area contributed by atoms with Crippen molar-refractivity contribution in [2.45, 2.75) is 25.7 Å². The van der Waals surface area contributed by atoms with Crippen LogP contribution in [0.2, 0.25) is 0 Å². The molecule has 0 aromatic heterocycles.